The smallest absolute Gasteiger partial charge is 0.444 e. The molecule has 0 spiro atoms. The summed E-state index contributed by atoms with van der Waals surface area (Å²) in [6.07, 6.45) is -1.90. The lowest BCUT2D eigenvalue weighted by atomic mass is 10.0. The second kappa shape index (κ2) is 28.3. The topological polar surface area (TPSA) is 389 Å². The summed E-state index contributed by atoms with van der Waals surface area (Å²) in [5, 5.41) is 54.4. The summed E-state index contributed by atoms with van der Waals surface area (Å²) >= 11 is 0. The van der Waals surface area contributed by atoms with Crippen molar-refractivity contribution in [2.45, 2.75) is 130 Å². The summed E-state index contributed by atoms with van der Waals surface area (Å²) in [6.45, 7) is 10.9. The van der Waals surface area contributed by atoms with Crippen LogP contribution in [0.15, 0.2) is 34.6 Å². The van der Waals surface area contributed by atoms with Crippen LogP contribution < -0.4 is 16.4 Å². The maximum Gasteiger partial charge on any atom is 0.523 e. The van der Waals surface area contributed by atoms with Gasteiger partial charge in [0.05, 0.1) is 82.6 Å². The SMILES string of the molecule is C.C.C.CC(C)(C)OC(=O)N1[C@H](CO)[C@@H](O)[C@@H](O)[C@@H]1c1c[nH]c2c(=O)[nH]cnc12.CCOP(=O)(COC[C@H]1N[C@@H](c2c[nH]c3c(=O)[nH]cnc23)[C@H](O)[C@@H]1O)OCC.CCOP(=O)(COS(=O)(=O)C(F)(F)F)OCC. The van der Waals surface area contributed by atoms with Gasteiger partial charge in [0.25, 0.3) is 11.1 Å². The minimum absolute atomic E-state index is 0. The van der Waals surface area contributed by atoms with Crippen LogP contribution in [0.1, 0.15) is 94.0 Å². The highest BCUT2D eigenvalue weighted by Crippen LogP contribution is 2.49. The Morgan fingerprint density at radius 1 is 0.730 bits per heavy atom. The summed E-state index contributed by atoms with van der Waals surface area (Å²) in [5.74, 6) is 0. The lowest BCUT2D eigenvalue weighted by molar-refractivity contribution is -0.0534. The molecule has 0 radical (unpaired) electrons. The molecule has 0 bridgehead atoms. The van der Waals surface area contributed by atoms with E-state index in [0.717, 1.165) is 4.90 Å². The molecule has 426 valence electrons. The molecule has 2 fully saturated rings. The van der Waals surface area contributed by atoms with Gasteiger partial charge in [0.2, 0.25) is 0 Å². The number of nitrogens with one attached hydrogen (secondary N) is 5. The van der Waals surface area contributed by atoms with Crippen molar-refractivity contribution in [3.05, 3.63) is 56.9 Å². The zero-order valence-electron chi connectivity index (χ0n) is 39.3. The minimum atomic E-state index is -5.80. The summed E-state index contributed by atoms with van der Waals surface area (Å²) in [7, 11) is -13.1. The van der Waals surface area contributed by atoms with E-state index < -0.39 is 110 Å². The molecule has 6 rings (SSSR count). The second-order valence-electron chi connectivity index (χ2n) is 16.2. The Hall–Kier alpha value is -4.17. The van der Waals surface area contributed by atoms with E-state index in [1.54, 1.807) is 40.8 Å². The molecule has 0 saturated carbocycles. The van der Waals surface area contributed by atoms with Crippen molar-refractivity contribution in [3.63, 3.8) is 0 Å². The molecule has 0 unspecified atom stereocenters. The Kier molecular flexibility index (Phi) is 25.9. The Morgan fingerprint density at radius 2 is 1.19 bits per heavy atom. The third-order valence-corrected chi connectivity index (χ3v) is 14.9. The normalized spacial score (nSPS) is 22.2. The summed E-state index contributed by atoms with van der Waals surface area (Å²) in [6, 6.07) is -3.38. The van der Waals surface area contributed by atoms with E-state index in [1.807, 2.05) is 0 Å². The van der Waals surface area contributed by atoms with Crippen LogP contribution in [0, 0.1) is 0 Å². The molecule has 2 saturated heterocycles. The van der Waals surface area contributed by atoms with Crippen LogP contribution in [0.4, 0.5) is 18.0 Å². The van der Waals surface area contributed by atoms with Gasteiger partial charge in [0.1, 0.15) is 52.3 Å². The first-order valence-corrected chi connectivity index (χ1v) is 26.5. The lowest BCUT2D eigenvalue weighted by Crippen LogP contribution is -2.45. The first-order valence-electron chi connectivity index (χ1n) is 21.6. The van der Waals surface area contributed by atoms with Gasteiger partial charge >= 0.3 is 36.9 Å². The predicted molar refractivity (Wildman–Crippen MR) is 262 cm³/mol. The first kappa shape index (κ1) is 67.8. The number of aliphatic hydroxyl groups excluding tert-OH is 5. The standard InChI is InChI=1S/C16H25N4O7P.C16H22N4O6.C6H12F3O6PS.3CH4/c1-3-26-28(24,27-4-2)8-25-6-10-14(21)15(22)12(20-10)9-5-17-13-11(9)18-7-19-16(13)23;1-16(2,3)26-15(25)20-8(5-21)12(22)13(23)11(20)7-4-17-10-9(7)18-6-19-14(10)24;1-3-13-16(10,14-4-2)5-15-17(11,12)6(7,8)9;;;/h5,7,10,12,14-15,17,20-22H,3-4,6,8H2,1-2H3,(H,18,19,23);4,6,8,11-13,17,21-23H,5H2,1-3H3,(H,18,19,24);3-5H2,1-2H3;3*1H4/t10-,12+,14-,15+;8-,11+,12-,13+;;;;/m11..../s1. The van der Waals surface area contributed by atoms with E-state index in [4.69, 9.17) is 18.5 Å². The van der Waals surface area contributed by atoms with Gasteiger partial charge in [-0.05, 0) is 48.5 Å². The fraction of sp³-hybridized carbons (Fsp3) is 0.683. The number of ether oxygens (including phenoxy) is 2. The van der Waals surface area contributed by atoms with Gasteiger partial charge in [-0.15, -0.1) is 0 Å². The predicted octanol–water partition coefficient (Wildman–Crippen LogP) is 3.84. The van der Waals surface area contributed by atoms with Crippen molar-refractivity contribution < 1.29 is 92.8 Å². The number of likely N-dealkylation sites (tertiary alicyclic amines) is 1. The van der Waals surface area contributed by atoms with Crippen molar-refractivity contribution >= 4 is 53.5 Å². The molecule has 33 heteroatoms. The van der Waals surface area contributed by atoms with Gasteiger partial charge in [0.15, 0.2) is 6.35 Å². The van der Waals surface area contributed by atoms with Gasteiger partial charge in [-0.3, -0.25) is 27.8 Å². The van der Waals surface area contributed by atoms with Crippen LogP contribution in [0.2, 0.25) is 0 Å². The number of H-pyrrole nitrogens is 4. The van der Waals surface area contributed by atoms with Crippen LogP contribution in [-0.4, -0.2) is 175 Å². The van der Waals surface area contributed by atoms with Gasteiger partial charge < -0.3 is 78.4 Å². The van der Waals surface area contributed by atoms with Gasteiger partial charge in [-0.25, -0.2) is 14.8 Å². The largest absolute Gasteiger partial charge is 0.523 e. The number of aromatic amines is 4. The van der Waals surface area contributed by atoms with Crippen molar-refractivity contribution in [1.82, 2.24) is 40.1 Å². The Morgan fingerprint density at radius 3 is 1.64 bits per heavy atom. The average Bonchev–Trinajstić information content (AvgIpc) is 4.04. The molecule has 0 aromatic carbocycles. The number of hydrogen-bond donors (Lipinski definition) is 10. The number of fused-ring (bicyclic) bond motifs is 2. The zero-order valence-corrected chi connectivity index (χ0v) is 41.9. The molecule has 2 aliphatic heterocycles. The van der Waals surface area contributed by atoms with E-state index in [-0.39, 0.29) is 83.8 Å². The minimum Gasteiger partial charge on any atom is -0.444 e. The summed E-state index contributed by atoms with van der Waals surface area (Å²) < 4.78 is 115. The number of alkyl halides is 3. The van der Waals surface area contributed by atoms with Gasteiger partial charge in [0, 0.05) is 23.5 Å². The van der Waals surface area contributed by atoms with E-state index in [1.165, 1.54) is 32.7 Å². The van der Waals surface area contributed by atoms with E-state index in [9.17, 15) is 70.6 Å². The monoisotopic (exact) mass is 1130 g/mol. The van der Waals surface area contributed by atoms with E-state index in [2.05, 4.69) is 48.5 Å². The van der Waals surface area contributed by atoms with Crippen LogP contribution in [0.3, 0.4) is 0 Å². The van der Waals surface area contributed by atoms with Crippen LogP contribution >= 0.6 is 15.2 Å². The number of hydrogen-bond acceptors (Lipinski definition) is 22. The molecule has 10 N–H and O–H groups in total. The van der Waals surface area contributed by atoms with Crippen molar-refractivity contribution in [3.8, 4) is 0 Å². The maximum atomic E-state index is 12.7. The van der Waals surface area contributed by atoms with Crippen LogP contribution in [0.5, 0.6) is 0 Å². The molecule has 27 nitrogen and oxygen atoms in total. The van der Waals surface area contributed by atoms with Gasteiger partial charge in [-0.2, -0.15) is 21.6 Å². The quantitative estimate of drug-likeness (QED) is 0.0384. The Bertz CT molecular complexity index is 2700. The molecule has 1 amide bonds. The van der Waals surface area contributed by atoms with Crippen molar-refractivity contribution in [2.75, 3.05) is 52.3 Å². The Labute approximate surface area is 425 Å². The maximum absolute atomic E-state index is 12.7. The summed E-state index contributed by atoms with van der Waals surface area (Å²) in [5.41, 5.74) is -5.07. The molecule has 4 aromatic rings. The first-order chi connectivity index (χ1) is 33.1. The molecule has 0 aliphatic carbocycles. The van der Waals surface area contributed by atoms with E-state index in [0.29, 0.717) is 16.6 Å². The number of aromatic nitrogens is 6. The number of rotatable bonds is 18. The average molecular weight is 1130 g/mol. The Balaban J connectivity index is 0.000000561. The molecule has 8 atom stereocenters. The highest BCUT2D eigenvalue weighted by molar-refractivity contribution is 7.87. The number of halogens is 3. The van der Waals surface area contributed by atoms with Crippen LogP contribution in [-0.2, 0) is 51.0 Å². The number of amides is 1. The fourth-order valence-corrected chi connectivity index (χ4v) is 10.8. The molecule has 74 heavy (non-hydrogen) atoms. The van der Waals surface area contributed by atoms with E-state index >= 15 is 0 Å². The lowest BCUT2D eigenvalue weighted by Gasteiger charge is -2.32. The highest BCUT2D eigenvalue weighted by Gasteiger charge is 2.53. The second-order valence-corrected chi connectivity index (χ2v) is 21.8. The summed E-state index contributed by atoms with van der Waals surface area (Å²) in [4.78, 5) is 56.3. The number of carbonyl (C=O) groups is 1. The molecule has 2 aliphatic rings. The van der Waals surface area contributed by atoms with Crippen molar-refractivity contribution in [1.29, 1.82) is 0 Å². The molecular weight excluding hydrogens is 1060 g/mol. The fourth-order valence-electron chi connectivity index (χ4n) is 7.23. The van der Waals surface area contributed by atoms with Crippen LogP contribution in [0.25, 0.3) is 22.1 Å². The molecular formula is C41H71F3N8O19P2S. The highest BCUT2D eigenvalue weighted by atomic mass is 32.2. The molecule has 4 aromatic heterocycles. The number of nitrogens with zero attached hydrogens (tertiary/aromatic N) is 3. The third kappa shape index (κ3) is 16.4. The van der Waals surface area contributed by atoms with Gasteiger partial charge in [-0.1, -0.05) is 22.3 Å². The number of carbonyl (C=O) groups excluding carboxylic acids is 1. The molecule has 6 heterocycles. The van der Waals surface area contributed by atoms with Crippen molar-refractivity contribution in [2.24, 2.45) is 0 Å². The number of aliphatic hydroxyl groups is 5. The third-order valence-electron chi connectivity index (χ3n) is 10.2. The zero-order chi connectivity index (χ0) is 53.3.